The molecule has 4 aliphatic carbocycles. The van der Waals surface area contributed by atoms with Crippen LogP contribution in [0.5, 0.6) is 0 Å². The molecule has 4 heteroatoms. The lowest BCUT2D eigenvalue weighted by Gasteiger charge is -2.61. The second kappa shape index (κ2) is 6.95. The maximum Gasteiger partial charge on any atom is 0.302 e. The minimum atomic E-state index is -0.362. The zero-order chi connectivity index (χ0) is 20.4. The van der Waals surface area contributed by atoms with E-state index in [9.17, 15) is 4.79 Å². The summed E-state index contributed by atoms with van der Waals surface area (Å²) in [4.78, 5) is 11.5. The van der Waals surface area contributed by atoms with Gasteiger partial charge in [-0.25, -0.2) is 0 Å². The molecule has 0 aromatic heterocycles. The van der Waals surface area contributed by atoms with Gasteiger partial charge in [0.05, 0.1) is 13.2 Å². The molecule has 5 fully saturated rings. The van der Waals surface area contributed by atoms with E-state index in [2.05, 4.69) is 20.8 Å². The molecule has 4 saturated carbocycles. The molecule has 1 heterocycles. The van der Waals surface area contributed by atoms with Crippen LogP contribution in [0.15, 0.2) is 0 Å². The largest absolute Gasteiger partial charge is 0.463 e. The number of fused-ring (bicyclic) bond motifs is 5. The summed E-state index contributed by atoms with van der Waals surface area (Å²) in [5, 5.41) is 0. The van der Waals surface area contributed by atoms with Gasteiger partial charge in [0.15, 0.2) is 5.79 Å². The highest BCUT2D eigenvalue weighted by atomic mass is 16.7. The molecule has 29 heavy (non-hydrogen) atoms. The summed E-state index contributed by atoms with van der Waals surface area (Å²) in [6.07, 6.45) is 11.5. The molecule has 1 aliphatic heterocycles. The Morgan fingerprint density at radius 3 is 2.28 bits per heavy atom. The van der Waals surface area contributed by atoms with Crippen molar-refractivity contribution in [2.75, 3.05) is 13.2 Å². The molecule has 5 aliphatic rings. The van der Waals surface area contributed by atoms with Gasteiger partial charge in [0.2, 0.25) is 0 Å². The van der Waals surface area contributed by atoms with Gasteiger partial charge in [-0.05, 0) is 99.2 Å². The predicted octanol–water partition coefficient (Wildman–Crippen LogP) is 5.34. The first-order chi connectivity index (χ1) is 13.8. The van der Waals surface area contributed by atoms with Crippen LogP contribution >= 0.6 is 0 Å². The van der Waals surface area contributed by atoms with E-state index in [1.165, 1.54) is 44.9 Å². The van der Waals surface area contributed by atoms with E-state index in [1.54, 1.807) is 6.92 Å². The lowest BCUT2D eigenvalue weighted by atomic mass is 9.44. The Morgan fingerprint density at radius 1 is 0.862 bits per heavy atom. The summed E-state index contributed by atoms with van der Waals surface area (Å²) in [5.74, 6) is 3.31. The Hall–Kier alpha value is -0.610. The van der Waals surface area contributed by atoms with Crippen LogP contribution in [0.1, 0.15) is 85.5 Å². The Labute approximate surface area is 176 Å². The second-order valence-electron chi connectivity index (χ2n) is 11.6. The molecule has 164 valence electrons. The normalized spacial score (nSPS) is 51.0. The zero-order valence-electron chi connectivity index (χ0n) is 18.9. The van der Waals surface area contributed by atoms with Crippen molar-refractivity contribution in [1.29, 1.82) is 0 Å². The maximum absolute atomic E-state index is 11.5. The van der Waals surface area contributed by atoms with Gasteiger partial charge in [0.25, 0.3) is 0 Å². The van der Waals surface area contributed by atoms with Crippen LogP contribution in [-0.2, 0) is 19.0 Å². The van der Waals surface area contributed by atoms with E-state index >= 15 is 0 Å². The first-order valence-corrected chi connectivity index (χ1v) is 12.2. The van der Waals surface area contributed by atoms with Crippen LogP contribution in [0.3, 0.4) is 0 Å². The summed E-state index contributed by atoms with van der Waals surface area (Å²) in [7, 11) is 0. The van der Waals surface area contributed by atoms with Crippen molar-refractivity contribution in [2.24, 2.45) is 40.4 Å². The smallest absolute Gasteiger partial charge is 0.302 e. The SMILES string of the molecule is CC(=O)O[C@H]1CC[C@@]2(C)[C@H](CC[C@@H]3[C@@H]2CC[C@]2(C)[C@@H](C4(C)OCCO4)CC[C@@H]32)C1. The molecule has 8 atom stereocenters. The van der Waals surface area contributed by atoms with Crippen molar-refractivity contribution >= 4 is 5.97 Å². The van der Waals surface area contributed by atoms with Crippen LogP contribution in [-0.4, -0.2) is 31.1 Å². The maximum atomic E-state index is 11.5. The highest BCUT2D eigenvalue weighted by Gasteiger charge is 2.63. The fourth-order valence-electron chi connectivity index (χ4n) is 9.15. The highest BCUT2D eigenvalue weighted by Crippen LogP contribution is 2.69. The minimum absolute atomic E-state index is 0.109. The Morgan fingerprint density at radius 2 is 1.55 bits per heavy atom. The minimum Gasteiger partial charge on any atom is -0.463 e. The van der Waals surface area contributed by atoms with Crippen molar-refractivity contribution in [2.45, 2.75) is 97.4 Å². The van der Waals surface area contributed by atoms with Crippen molar-refractivity contribution in [1.82, 2.24) is 0 Å². The molecular weight excluding hydrogens is 364 g/mol. The van der Waals surface area contributed by atoms with E-state index in [-0.39, 0.29) is 17.9 Å². The fourth-order valence-corrected chi connectivity index (χ4v) is 9.15. The predicted molar refractivity (Wildman–Crippen MR) is 111 cm³/mol. The summed E-state index contributed by atoms with van der Waals surface area (Å²) in [6, 6.07) is 0. The third-order valence-corrected chi connectivity index (χ3v) is 10.4. The van der Waals surface area contributed by atoms with Gasteiger partial charge in [-0.1, -0.05) is 13.8 Å². The molecule has 0 radical (unpaired) electrons. The molecule has 0 aromatic rings. The van der Waals surface area contributed by atoms with Crippen molar-refractivity contribution in [3.63, 3.8) is 0 Å². The number of hydrogen-bond donors (Lipinski definition) is 0. The number of rotatable bonds is 2. The molecule has 0 amide bonds. The molecule has 0 N–H and O–H groups in total. The van der Waals surface area contributed by atoms with Gasteiger partial charge in [-0.2, -0.15) is 0 Å². The third-order valence-electron chi connectivity index (χ3n) is 10.4. The molecule has 4 nitrogen and oxygen atoms in total. The molecule has 5 rings (SSSR count). The molecule has 0 aromatic carbocycles. The number of esters is 1. The lowest BCUT2D eigenvalue weighted by molar-refractivity contribution is -0.219. The van der Waals surface area contributed by atoms with Gasteiger partial charge >= 0.3 is 5.97 Å². The van der Waals surface area contributed by atoms with E-state index < -0.39 is 0 Å². The van der Waals surface area contributed by atoms with Crippen LogP contribution in [0.25, 0.3) is 0 Å². The van der Waals surface area contributed by atoms with Gasteiger partial charge in [0.1, 0.15) is 6.10 Å². The first-order valence-electron chi connectivity index (χ1n) is 12.2. The number of hydrogen-bond acceptors (Lipinski definition) is 4. The zero-order valence-corrected chi connectivity index (χ0v) is 18.9. The van der Waals surface area contributed by atoms with Crippen LogP contribution < -0.4 is 0 Å². The third kappa shape index (κ3) is 3.03. The Bertz CT molecular complexity index is 655. The van der Waals surface area contributed by atoms with Crippen LogP contribution in [0.4, 0.5) is 0 Å². The Balaban J connectivity index is 1.35. The van der Waals surface area contributed by atoms with Gasteiger partial charge in [-0.15, -0.1) is 0 Å². The van der Waals surface area contributed by atoms with E-state index in [4.69, 9.17) is 14.2 Å². The fraction of sp³-hybridized carbons (Fsp3) is 0.960. The number of ether oxygens (including phenoxy) is 3. The second-order valence-corrected chi connectivity index (χ2v) is 11.6. The van der Waals surface area contributed by atoms with Crippen LogP contribution in [0, 0.1) is 40.4 Å². The van der Waals surface area contributed by atoms with Crippen molar-refractivity contribution in [3.05, 3.63) is 0 Å². The number of carbonyl (C=O) groups excluding carboxylic acids is 1. The number of carbonyl (C=O) groups is 1. The molecule has 0 spiro atoms. The summed E-state index contributed by atoms with van der Waals surface area (Å²) >= 11 is 0. The molecule has 1 saturated heterocycles. The molecular formula is C25H40O4. The monoisotopic (exact) mass is 404 g/mol. The molecule has 0 unspecified atom stereocenters. The first kappa shape index (κ1) is 20.3. The Kier molecular flexibility index (Phi) is 4.87. The quantitative estimate of drug-likeness (QED) is 0.583. The van der Waals surface area contributed by atoms with E-state index in [1.807, 2.05) is 0 Å². The van der Waals surface area contributed by atoms with Crippen molar-refractivity contribution < 1.29 is 19.0 Å². The summed E-state index contributed by atoms with van der Waals surface area (Å²) in [5.41, 5.74) is 0.793. The van der Waals surface area contributed by atoms with E-state index in [0.29, 0.717) is 16.7 Å². The summed E-state index contributed by atoms with van der Waals surface area (Å²) < 4.78 is 17.9. The van der Waals surface area contributed by atoms with Gasteiger partial charge in [0, 0.05) is 12.8 Å². The van der Waals surface area contributed by atoms with E-state index in [0.717, 1.165) is 49.7 Å². The van der Waals surface area contributed by atoms with Crippen molar-refractivity contribution in [3.8, 4) is 0 Å². The highest BCUT2D eigenvalue weighted by molar-refractivity contribution is 5.66. The average Bonchev–Trinajstić information content (AvgIpc) is 3.25. The van der Waals surface area contributed by atoms with Crippen LogP contribution in [0.2, 0.25) is 0 Å². The lowest BCUT2D eigenvalue weighted by Crippen LogP contribution is -2.55. The average molecular weight is 405 g/mol. The summed E-state index contributed by atoms with van der Waals surface area (Å²) in [6.45, 7) is 10.4. The van der Waals surface area contributed by atoms with Gasteiger partial charge in [-0.3, -0.25) is 4.79 Å². The standard InChI is InChI=1S/C25H40O4/c1-16(26)29-18-9-11-23(2)17(15-18)5-6-19-20-7-8-22(25(4)27-13-14-28-25)24(20,3)12-10-21(19)23/h17-22H,5-15H2,1-4H3/t17-,18+,19+,20+,21+,22+,23+,24+/m1/s1. The molecule has 0 bridgehead atoms. The van der Waals surface area contributed by atoms with Gasteiger partial charge < -0.3 is 14.2 Å². The topological polar surface area (TPSA) is 44.8 Å².